The van der Waals surface area contributed by atoms with Crippen LogP contribution in [0.3, 0.4) is 0 Å². The molecule has 6 nitrogen and oxygen atoms in total. The number of rotatable bonds is 2. The topological polar surface area (TPSA) is 111 Å². The van der Waals surface area contributed by atoms with E-state index in [4.69, 9.17) is 16.7 Å². The molecule has 84 valence electrons. The van der Waals surface area contributed by atoms with Gasteiger partial charge < -0.3 is 11.5 Å². The Bertz CT molecular complexity index is 606. The Balaban J connectivity index is 2.43. The summed E-state index contributed by atoms with van der Waals surface area (Å²) < 4.78 is 1.44. The second kappa shape index (κ2) is 3.98. The smallest absolute Gasteiger partial charge is 0.254 e. The average Bonchev–Trinajstić information content (AvgIpc) is 2.71. The van der Waals surface area contributed by atoms with E-state index in [2.05, 4.69) is 5.10 Å². The second-order valence-corrected chi connectivity index (χ2v) is 3.40. The van der Waals surface area contributed by atoms with Gasteiger partial charge in [-0.15, -0.1) is 5.10 Å². The lowest BCUT2D eigenvalue weighted by atomic mass is 10.2. The lowest BCUT2D eigenvalue weighted by Gasteiger charge is -1.99. The van der Waals surface area contributed by atoms with Crippen LogP contribution in [-0.4, -0.2) is 15.7 Å². The standard InChI is InChI=1S/C11H9N5O/c12-5-7-1-3-8(4-2-7)16-6-9(11(14)17)10(13)15-16/h1-4,6H,(H2,13,15)(H2,14,17). The maximum absolute atomic E-state index is 11.0. The Hall–Kier alpha value is -2.81. The molecule has 1 amide bonds. The van der Waals surface area contributed by atoms with E-state index in [0.717, 1.165) is 0 Å². The summed E-state index contributed by atoms with van der Waals surface area (Å²) in [5, 5.41) is 12.6. The third kappa shape index (κ3) is 1.94. The quantitative estimate of drug-likeness (QED) is 0.774. The first kappa shape index (κ1) is 10.7. The molecule has 0 bridgehead atoms. The van der Waals surface area contributed by atoms with Crippen LogP contribution >= 0.6 is 0 Å². The van der Waals surface area contributed by atoms with Crippen molar-refractivity contribution in [3.05, 3.63) is 41.6 Å². The molecule has 0 saturated heterocycles. The minimum Gasteiger partial charge on any atom is -0.382 e. The fraction of sp³-hybridized carbons (Fsp3) is 0. The van der Waals surface area contributed by atoms with Crippen LogP contribution in [-0.2, 0) is 0 Å². The van der Waals surface area contributed by atoms with E-state index in [1.165, 1.54) is 10.9 Å². The molecule has 0 spiro atoms. The molecule has 0 unspecified atom stereocenters. The van der Waals surface area contributed by atoms with Gasteiger partial charge in [-0.3, -0.25) is 4.79 Å². The SMILES string of the molecule is N#Cc1ccc(-n2cc(C(N)=O)c(N)n2)cc1. The van der Waals surface area contributed by atoms with Crippen LogP contribution < -0.4 is 11.5 Å². The molecule has 2 aromatic rings. The summed E-state index contributed by atoms with van der Waals surface area (Å²) in [5.41, 5.74) is 12.1. The van der Waals surface area contributed by atoms with Crippen LogP contribution in [0.25, 0.3) is 5.69 Å². The lowest BCUT2D eigenvalue weighted by Crippen LogP contribution is -2.11. The highest BCUT2D eigenvalue weighted by Crippen LogP contribution is 2.14. The van der Waals surface area contributed by atoms with Crippen molar-refractivity contribution in [1.29, 1.82) is 5.26 Å². The van der Waals surface area contributed by atoms with Gasteiger partial charge in [0.25, 0.3) is 5.91 Å². The number of carbonyl (C=O) groups excluding carboxylic acids is 1. The van der Waals surface area contributed by atoms with Gasteiger partial charge in [-0.2, -0.15) is 5.26 Å². The maximum atomic E-state index is 11.0. The predicted molar refractivity (Wildman–Crippen MR) is 61.2 cm³/mol. The summed E-state index contributed by atoms with van der Waals surface area (Å²) >= 11 is 0. The Morgan fingerprint density at radius 3 is 2.47 bits per heavy atom. The maximum Gasteiger partial charge on any atom is 0.254 e. The molecule has 0 atom stereocenters. The molecule has 0 fully saturated rings. The fourth-order valence-corrected chi connectivity index (χ4v) is 1.40. The Labute approximate surface area is 97.1 Å². The normalized spacial score (nSPS) is 9.82. The zero-order chi connectivity index (χ0) is 12.4. The van der Waals surface area contributed by atoms with E-state index in [0.29, 0.717) is 11.3 Å². The fourth-order valence-electron chi connectivity index (χ4n) is 1.40. The molecule has 0 aliphatic heterocycles. The monoisotopic (exact) mass is 227 g/mol. The van der Waals surface area contributed by atoms with E-state index in [1.54, 1.807) is 24.3 Å². The molecule has 1 aromatic heterocycles. The first-order valence-electron chi connectivity index (χ1n) is 4.77. The highest BCUT2D eigenvalue weighted by atomic mass is 16.1. The van der Waals surface area contributed by atoms with E-state index >= 15 is 0 Å². The van der Waals surface area contributed by atoms with Crippen molar-refractivity contribution in [1.82, 2.24) is 9.78 Å². The predicted octanol–water partition coefficient (Wildman–Crippen LogP) is 0.425. The Morgan fingerprint density at radius 2 is 2.00 bits per heavy atom. The number of primary amides is 1. The van der Waals surface area contributed by atoms with E-state index in [1.807, 2.05) is 6.07 Å². The largest absolute Gasteiger partial charge is 0.382 e. The summed E-state index contributed by atoms with van der Waals surface area (Å²) in [5.74, 6) is -0.538. The summed E-state index contributed by atoms with van der Waals surface area (Å²) in [6.07, 6.45) is 1.46. The van der Waals surface area contributed by atoms with E-state index < -0.39 is 5.91 Å². The summed E-state index contributed by atoms with van der Waals surface area (Å²) in [7, 11) is 0. The van der Waals surface area contributed by atoms with Crippen LogP contribution in [0.5, 0.6) is 0 Å². The number of nitriles is 1. The van der Waals surface area contributed by atoms with Crippen molar-refractivity contribution in [3.63, 3.8) is 0 Å². The minimum atomic E-state index is -0.623. The third-order valence-corrected chi connectivity index (χ3v) is 2.27. The number of hydrogen-bond donors (Lipinski definition) is 2. The van der Waals surface area contributed by atoms with Gasteiger partial charge in [0.2, 0.25) is 0 Å². The molecule has 0 aliphatic carbocycles. The molecule has 6 heteroatoms. The molecule has 1 aromatic carbocycles. The van der Waals surface area contributed by atoms with Gasteiger partial charge >= 0.3 is 0 Å². The van der Waals surface area contributed by atoms with Crippen molar-refractivity contribution in [2.45, 2.75) is 0 Å². The second-order valence-electron chi connectivity index (χ2n) is 3.40. The molecule has 4 N–H and O–H groups in total. The number of carbonyl (C=O) groups is 1. The highest BCUT2D eigenvalue weighted by Gasteiger charge is 2.11. The van der Waals surface area contributed by atoms with Crippen molar-refractivity contribution in [2.75, 3.05) is 5.73 Å². The number of benzene rings is 1. The summed E-state index contributed by atoms with van der Waals surface area (Å²) in [4.78, 5) is 11.0. The van der Waals surface area contributed by atoms with Crippen LogP contribution in [0.15, 0.2) is 30.5 Å². The number of nitrogens with two attached hydrogens (primary N) is 2. The number of aromatic nitrogens is 2. The van der Waals surface area contributed by atoms with Crippen LogP contribution in [0.4, 0.5) is 5.82 Å². The van der Waals surface area contributed by atoms with Crippen molar-refractivity contribution in [3.8, 4) is 11.8 Å². The molecule has 1 heterocycles. The van der Waals surface area contributed by atoms with Gasteiger partial charge in [0.15, 0.2) is 5.82 Å². The van der Waals surface area contributed by atoms with Crippen molar-refractivity contribution >= 4 is 11.7 Å². The van der Waals surface area contributed by atoms with Gasteiger partial charge in [-0.1, -0.05) is 0 Å². The number of anilines is 1. The third-order valence-electron chi connectivity index (χ3n) is 2.27. The zero-order valence-corrected chi connectivity index (χ0v) is 8.79. The van der Waals surface area contributed by atoms with E-state index in [-0.39, 0.29) is 11.4 Å². The summed E-state index contributed by atoms with van der Waals surface area (Å²) in [6.45, 7) is 0. The molecular weight excluding hydrogens is 218 g/mol. The zero-order valence-electron chi connectivity index (χ0n) is 8.79. The number of amides is 1. The Kier molecular flexibility index (Phi) is 2.51. The van der Waals surface area contributed by atoms with Crippen LogP contribution in [0, 0.1) is 11.3 Å². The molecule has 0 aliphatic rings. The van der Waals surface area contributed by atoms with Gasteiger partial charge in [-0.25, -0.2) is 4.68 Å². The number of nitrogens with zero attached hydrogens (tertiary/aromatic N) is 3. The molecule has 17 heavy (non-hydrogen) atoms. The first-order valence-corrected chi connectivity index (χ1v) is 4.77. The van der Waals surface area contributed by atoms with E-state index in [9.17, 15) is 4.79 Å². The van der Waals surface area contributed by atoms with Crippen molar-refractivity contribution < 1.29 is 4.79 Å². The van der Waals surface area contributed by atoms with Crippen molar-refractivity contribution in [2.24, 2.45) is 5.73 Å². The number of nitrogen functional groups attached to an aromatic ring is 1. The van der Waals surface area contributed by atoms with Gasteiger partial charge in [0, 0.05) is 6.20 Å². The average molecular weight is 227 g/mol. The molecule has 0 radical (unpaired) electrons. The lowest BCUT2D eigenvalue weighted by molar-refractivity contribution is 0.100. The summed E-state index contributed by atoms with van der Waals surface area (Å²) in [6, 6.07) is 8.72. The first-order chi connectivity index (χ1) is 8.11. The van der Waals surface area contributed by atoms with Crippen LogP contribution in [0.2, 0.25) is 0 Å². The van der Waals surface area contributed by atoms with Gasteiger partial charge in [-0.05, 0) is 24.3 Å². The molecular formula is C11H9N5O. The van der Waals surface area contributed by atoms with Crippen LogP contribution in [0.1, 0.15) is 15.9 Å². The van der Waals surface area contributed by atoms with Gasteiger partial charge in [0.1, 0.15) is 5.56 Å². The molecule has 2 rings (SSSR count). The number of hydrogen-bond acceptors (Lipinski definition) is 4. The van der Waals surface area contributed by atoms with Gasteiger partial charge in [0.05, 0.1) is 17.3 Å². The highest BCUT2D eigenvalue weighted by molar-refractivity contribution is 5.96. The minimum absolute atomic E-state index is 0.0851. The Morgan fingerprint density at radius 1 is 1.35 bits per heavy atom. The molecule has 0 saturated carbocycles.